The fourth-order valence-corrected chi connectivity index (χ4v) is 5.60. The highest BCUT2D eigenvalue weighted by Crippen LogP contribution is 2.46. The van der Waals surface area contributed by atoms with Crippen molar-refractivity contribution in [2.75, 3.05) is 0 Å². The lowest BCUT2D eigenvalue weighted by atomic mass is 9.85. The van der Waals surface area contributed by atoms with Gasteiger partial charge >= 0.3 is 6.97 Å². The zero-order chi connectivity index (χ0) is 19.7. The van der Waals surface area contributed by atoms with Crippen LogP contribution in [0.1, 0.15) is 62.3 Å². The summed E-state index contributed by atoms with van der Waals surface area (Å²) in [5, 5.41) is 1.96. The van der Waals surface area contributed by atoms with Gasteiger partial charge in [0.05, 0.1) is 16.8 Å². The summed E-state index contributed by atoms with van der Waals surface area (Å²) in [4.78, 5) is 4.51. The third-order valence-corrected chi connectivity index (χ3v) is 6.77. The molecule has 2 aliphatic rings. The monoisotopic (exact) mass is 387 g/mol. The summed E-state index contributed by atoms with van der Waals surface area (Å²) >= 11 is 1.49. The van der Waals surface area contributed by atoms with E-state index in [0.717, 1.165) is 46.4 Å². The fourth-order valence-electron chi connectivity index (χ4n) is 5.06. The average Bonchev–Trinajstić information content (AvgIpc) is 3.28. The summed E-state index contributed by atoms with van der Waals surface area (Å²) in [6.45, 7) is 7.69. The van der Waals surface area contributed by atoms with E-state index in [1.807, 2.05) is 46.9 Å². The molecule has 0 atom stereocenters. The van der Waals surface area contributed by atoms with Crippen LogP contribution in [0.15, 0.2) is 27.7 Å². The number of aromatic nitrogens is 2. The number of rotatable bonds is 3. The molecule has 0 fully saturated rings. The lowest BCUT2D eigenvalue weighted by Gasteiger charge is -2.33. The first-order valence-electron chi connectivity index (χ1n) is 9.46. The Morgan fingerprint density at radius 2 is 1.85 bits per heavy atom. The maximum Gasteiger partial charge on any atom is 0.737 e. The first-order valence-corrected chi connectivity index (χ1v) is 10.4. The first-order chi connectivity index (χ1) is 12.8. The fraction of sp³-hybridized carbons (Fsp3) is 0.400. The van der Waals surface area contributed by atoms with Crippen LogP contribution < -0.4 is 0 Å². The number of fused-ring (bicyclic) bond motifs is 2. The van der Waals surface area contributed by atoms with Crippen molar-refractivity contribution in [1.82, 2.24) is 9.46 Å². The van der Waals surface area contributed by atoms with Crippen LogP contribution in [0.3, 0.4) is 0 Å². The maximum atomic E-state index is 15.9. The van der Waals surface area contributed by atoms with Gasteiger partial charge in [-0.25, -0.2) is 4.98 Å². The van der Waals surface area contributed by atoms with E-state index in [1.165, 1.54) is 20.3 Å². The third-order valence-electron chi connectivity index (χ3n) is 6.18. The highest BCUT2D eigenvalue weighted by molar-refractivity contribution is 7.07. The number of nitrogens with zero attached hydrogens (tertiary/aromatic N) is 3. The van der Waals surface area contributed by atoms with Gasteiger partial charge in [0.25, 0.3) is 0 Å². The predicted molar refractivity (Wildman–Crippen MR) is 109 cm³/mol. The van der Waals surface area contributed by atoms with Crippen molar-refractivity contribution < 1.29 is 13.1 Å². The van der Waals surface area contributed by atoms with Gasteiger partial charge in [-0.3, -0.25) is 0 Å². The lowest BCUT2D eigenvalue weighted by Crippen LogP contribution is -2.51. The molecule has 7 heteroatoms. The third kappa shape index (κ3) is 2.18. The Labute approximate surface area is 162 Å². The van der Waals surface area contributed by atoms with Crippen molar-refractivity contribution in [2.45, 2.75) is 54.4 Å². The van der Waals surface area contributed by atoms with Crippen LogP contribution >= 0.6 is 11.3 Å². The first kappa shape index (κ1) is 18.4. The molecular weight excluding hydrogens is 363 g/mol. The molecule has 0 aliphatic carbocycles. The molecule has 2 aromatic heterocycles. The molecule has 0 amide bonds. The Balaban J connectivity index is 2.23. The van der Waals surface area contributed by atoms with Crippen molar-refractivity contribution in [3.63, 3.8) is 0 Å². The van der Waals surface area contributed by atoms with Gasteiger partial charge in [0.2, 0.25) is 0 Å². The molecule has 27 heavy (non-hydrogen) atoms. The summed E-state index contributed by atoms with van der Waals surface area (Å²) in [5.74, 6) is 0. The minimum Gasteiger partial charge on any atom is -0.393 e. The molecule has 0 aromatic carbocycles. The molecule has 2 aliphatic heterocycles. The number of halogens is 2. The van der Waals surface area contributed by atoms with Crippen LogP contribution in [0.4, 0.5) is 8.63 Å². The molecule has 4 rings (SSSR count). The van der Waals surface area contributed by atoms with Gasteiger partial charge in [-0.15, -0.1) is 11.3 Å². The number of hydrogen-bond acceptors (Lipinski definition) is 2. The Hall–Kier alpha value is -2.02. The predicted octanol–water partition coefficient (Wildman–Crippen LogP) is 5.33. The second-order valence-electron chi connectivity index (χ2n) is 7.36. The second kappa shape index (κ2) is 5.99. The summed E-state index contributed by atoms with van der Waals surface area (Å²) in [6.07, 6.45) is 1.47. The smallest absolute Gasteiger partial charge is 0.393 e. The second-order valence-corrected chi connectivity index (χ2v) is 8.08. The minimum absolute atomic E-state index is 0.635. The molecule has 0 spiro atoms. The molecule has 0 radical (unpaired) electrons. The number of hydrogen-bond donors (Lipinski definition) is 0. The highest BCUT2D eigenvalue weighted by Gasteiger charge is 2.56. The average molecular weight is 387 g/mol. The standard InChI is InChI=1S/C20H24BF2N3S/c1-7-15-11(3)19-18(17-9-27-10-24-17)20-12(4)16(8-2)14(6)26(20)21(22,23)25(19)13(15)5/h9-10H,7-8H2,1-6H3. The van der Waals surface area contributed by atoms with Crippen molar-refractivity contribution in [3.8, 4) is 0 Å². The lowest BCUT2D eigenvalue weighted by molar-refractivity contribution is -0.363. The van der Waals surface area contributed by atoms with Crippen LogP contribution in [0.5, 0.6) is 0 Å². The van der Waals surface area contributed by atoms with Gasteiger partial charge in [-0.05, 0) is 50.4 Å². The van der Waals surface area contributed by atoms with Gasteiger partial charge in [0.1, 0.15) is 5.71 Å². The molecule has 0 saturated heterocycles. The van der Waals surface area contributed by atoms with E-state index < -0.39 is 6.97 Å². The molecule has 0 saturated carbocycles. The van der Waals surface area contributed by atoms with Crippen molar-refractivity contribution in [1.29, 1.82) is 0 Å². The van der Waals surface area contributed by atoms with E-state index in [-0.39, 0.29) is 0 Å². The Morgan fingerprint density at radius 3 is 2.41 bits per heavy atom. The molecule has 3 nitrogen and oxygen atoms in total. The Bertz CT molecular complexity index is 1060. The quantitative estimate of drug-likeness (QED) is 0.652. The van der Waals surface area contributed by atoms with Crippen molar-refractivity contribution in [2.24, 2.45) is 0 Å². The molecule has 0 bridgehead atoms. The minimum atomic E-state index is -3.95. The van der Waals surface area contributed by atoms with Gasteiger partial charge in [0, 0.05) is 29.1 Å². The van der Waals surface area contributed by atoms with Gasteiger partial charge in [0.15, 0.2) is 5.70 Å². The van der Waals surface area contributed by atoms with E-state index in [0.29, 0.717) is 22.8 Å². The van der Waals surface area contributed by atoms with Crippen LogP contribution in [0.25, 0.3) is 5.57 Å². The van der Waals surface area contributed by atoms with E-state index in [2.05, 4.69) is 4.98 Å². The van der Waals surface area contributed by atoms with Gasteiger partial charge < -0.3 is 17.6 Å². The molecule has 142 valence electrons. The normalized spacial score (nSPS) is 18.5. The van der Waals surface area contributed by atoms with Crippen LogP contribution in [-0.4, -0.2) is 26.6 Å². The highest BCUT2D eigenvalue weighted by atomic mass is 32.1. The molecule has 4 heterocycles. The zero-order valence-electron chi connectivity index (χ0n) is 16.7. The molecule has 2 aromatic rings. The summed E-state index contributed by atoms with van der Waals surface area (Å²) in [6, 6.07) is 0. The van der Waals surface area contributed by atoms with Gasteiger partial charge in [-0.2, -0.15) is 0 Å². The summed E-state index contributed by atoms with van der Waals surface area (Å²) in [5.41, 5.74) is 9.90. The zero-order valence-corrected chi connectivity index (χ0v) is 17.5. The van der Waals surface area contributed by atoms with E-state index >= 15 is 8.63 Å². The van der Waals surface area contributed by atoms with E-state index in [1.54, 1.807) is 5.51 Å². The van der Waals surface area contributed by atoms with E-state index in [4.69, 9.17) is 0 Å². The van der Waals surface area contributed by atoms with Crippen LogP contribution in [-0.2, 0) is 6.42 Å². The van der Waals surface area contributed by atoms with E-state index in [9.17, 15) is 0 Å². The maximum absolute atomic E-state index is 15.9. The van der Waals surface area contributed by atoms with Crippen molar-refractivity contribution >= 4 is 29.6 Å². The SMILES string of the molecule is CCC1=C(C)C2=C(c3cscn3)c3c(C)c(CC)c(C)n3[B-](F)(F)[N+]2=C1C. The Kier molecular flexibility index (Phi) is 4.07. The van der Waals surface area contributed by atoms with Crippen LogP contribution in [0.2, 0.25) is 0 Å². The van der Waals surface area contributed by atoms with Crippen molar-refractivity contribution in [3.05, 3.63) is 55.9 Å². The molecule has 0 N–H and O–H groups in total. The largest absolute Gasteiger partial charge is 0.737 e. The summed E-state index contributed by atoms with van der Waals surface area (Å²) in [7, 11) is 0. The molecule has 0 unspecified atom stereocenters. The summed E-state index contributed by atoms with van der Waals surface area (Å²) < 4.78 is 34.5. The number of allylic oxidation sites excluding steroid dienone is 2. The molecular formula is C20H24BF2N3S. The van der Waals surface area contributed by atoms with Gasteiger partial charge in [-0.1, -0.05) is 13.8 Å². The van der Waals surface area contributed by atoms with Crippen LogP contribution in [0, 0.1) is 13.8 Å². The topological polar surface area (TPSA) is 20.8 Å². The number of thiazole rings is 1. The Morgan fingerprint density at radius 1 is 1.15 bits per heavy atom.